The smallest absolute Gasteiger partial charge is 0.276 e. The second-order valence-corrected chi connectivity index (χ2v) is 5.24. The molecule has 0 bridgehead atoms. The van der Waals surface area contributed by atoms with Gasteiger partial charge in [0.25, 0.3) is 5.91 Å². The third-order valence-electron chi connectivity index (χ3n) is 3.89. The van der Waals surface area contributed by atoms with Gasteiger partial charge >= 0.3 is 0 Å². The molecule has 0 atom stereocenters. The summed E-state index contributed by atoms with van der Waals surface area (Å²) in [5.41, 5.74) is 4.86. The summed E-state index contributed by atoms with van der Waals surface area (Å²) in [5.74, 6) is -0.117. The summed E-state index contributed by atoms with van der Waals surface area (Å²) in [6.45, 7) is 2.11. The van der Waals surface area contributed by atoms with Crippen LogP contribution in [0.4, 0.5) is 5.69 Å². The van der Waals surface area contributed by atoms with Crippen LogP contribution in [0.15, 0.2) is 24.3 Å². The molecule has 1 aliphatic rings. The zero-order valence-corrected chi connectivity index (χ0v) is 11.7. The maximum atomic E-state index is 12.3. The highest BCUT2D eigenvalue weighted by atomic mass is 16.1. The summed E-state index contributed by atoms with van der Waals surface area (Å²) in [4.78, 5) is 12.3. The summed E-state index contributed by atoms with van der Waals surface area (Å²) in [6.07, 6.45) is 5.26. The fraction of sp³-hybridized carbons (Fsp3) is 0.375. The minimum atomic E-state index is -0.117. The fourth-order valence-electron chi connectivity index (χ4n) is 2.68. The number of fused-ring (bicyclic) bond motifs is 1. The van der Waals surface area contributed by atoms with Crippen molar-refractivity contribution in [2.24, 2.45) is 0 Å². The molecule has 4 nitrogen and oxygen atoms in total. The maximum absolute atomic E-state index is 12.3. The van der Waals surface area contributed by atoms with Gasteiger partial charge in [-0.3, -0.25) is 9.89 Å². The topological polar surface area (TPSA) is 57.8 Å². The first-order valence-electron chi connectivity index (χ1n) is 7.24. The first kappa shape index (κ1) is 12.9. The third kappa shape index (κ3) is 2.46. The molecule has 104 valence electrons. The van der Waals surface area contributed by atoms with Crippen LogP contribution in [0.3, 0.4) is 0 Å². The number of benzene rings is 1. The first-order valence-corrected chi connectivity index (χ1v) is 7.24. The fourth-order valence-corrected chi connectivity index (χ4v) is 2.68. The number of hydrogen-bond donors (Lipinski definition) is 2. The number of nitrogens with one attached hydrogen (secondary N) is 2. The molecule has 4 heteroatoms. The second-order valence-electron chi connectivity index (χ2n) is 5.24. The molecule has 0 unspecified atom stereocenters. The number of amides is 1. The van der Waals surface area contributed by atoms with Crippen molar-refractivity contribution in [1.29, 1.82) is 0 Å². The molecule has 20 heavy (non-hydrogen) atoms. The van der Waals surface area contributed by atoms with Gasteiger partial charge in [0.15, 0.2) is 5.69 Å². The number of aryl methyl sites for hydroxylation is 2. The van der Waals surface area contributed by atoms with Crippen molar-refractivity contribution in [1.82, 2.24) is 10.2 Å². The first-order chi connectivity index (χ1) is 9.78. The minimum absolute atomic E-state index is 0.117. The van der Waals surface area contributed by atoms with E-state index >= 15 is 0 Å². The Morgan fingerprint density at radius 3 is 2.75 bits per heavy atom. The van der Waals surface area contributed by atoms with E-state index in [1.54, 1.807) is 0 Å². The van der Waals surface area contributed by atoms with Crippen LogP contribution in [0, 0.1) is 0 Å². The molecule has 1 amide bonds. The number of rotatable bonds is 3. The summed E-state index contributed by atoms with van der Waals surface area (Å²) >= 11 is 0. The molecule has 1 heterocycles. The molecule has 0 spiro atoms. The van der Waals surface area contributed by atoms with Gasteiger partial charge in [-0.25, -0.2) is 0 Å². The zero-order valence-electron chi connectivity index (χ0n) is 11.7. The quantitative estimate of drug-likeness (QED) is 0.899. The van der Waals surface area contributed by atoms with Gasteiger partial charge in [-0.05, 0) is 49.8 Å². The Kier molecular flexibility index (Phi) is 3.54. The number of aromatic nitrogens is 2. The number of hydrogen-bond acceptors (Lipinski definition) is 2. The van der Waals surface area contributed by atoms with Crippen molar-refractivity contribution in [3.05, 3.63) is 46.8 Å². The van der Waals surface area contributed by atoms with Gasteiger partial charge < -0.3 is 5.32 Å². The Balaban J connectivity index is 1.77. The van der Waals surface area contributed by atoms with E-state index in [-0.39, 0.29) is 5.91 Å². The van der Waals surface area contributed by atoms with E-state index < -0.39 is 0 Å². The Bertz CT molecular complexity index is 613. The van der Waals surface area contributed by atoms with E-state index in [1.165, 1.54) is 12.0 Å². The van der Waals surface area contributed by atoms with Crippen molar-refractivity contribution in [2.75, 3.05) is 5.32 Å². The van der Waals surface area contributed by atoms with E-state index in [0.717, 1.165) is 42.6 Å². The molecular weight excluding hydrogens is 250 g/mol. The SMILES string of the molecule is CCc1ccc(NC(=O)c2n[nH]c3c2CCCC3)cc1. The standard InChI is InChI=1S/C16H19N3O/c1-2-11-7-9-12(10-8-11)17-16(20)15-13-5-3-4-6-14(13)18-19-15/h7-10H,2-6H2,1H3,(H,17,20)(H,18,19). The lowest BCUT2D eigenvalue weighted by Crippen LogP contribution is -2.15. The number of nitrogens with zero attached hydrogens (tertiary/aromatic N) is 1. The van der Waals surface area contributed by atoms with Crippen molar-refractivity contribution in [3.8, 4) is 0 Å². The van der Waals surface area contributed by atoms with E-state index in [9.17, 15) is 4.79 Å². The van der Waals surface area contributed by atoms with Crippen LogP contribution in [0.5, 0.6) is 0 Å². The highest BCUT2D eigenvalue weighted by Crippen LogP contribution is 2.23. The van der Waals surface area contributed by atoms with E-state index in [2.05, 4.69) is 22.4 Å². The van der Waals surface area contributed by atoms with Crippen LogP contribution in [0.25, 0.3) is 0 Å². The average molecular weight is 269 g/mol. The summed E-state index contributed by atoms with van der Waals surface area (Å²) in [5, 5.41) is 10.1. The van der Waals surface area contributed by atoms with Crippen LogP contribution in [0.2, 0.25) is 0 Å². The Morgan fingerprint density at radius 1 is 1.25 bits per heavy atom. The number of carbonyl (C=O) groups is 1. The van der Waals surface area contributed by atoms with Gasteiger partial charge in [0.05, 0.1) is 0 Å². The van der Waals surface area contributed by atoms with Crippen molar-refractivity contribution < 1.29 is 4.79 Å². The largest absolute Gasteiger partial charge is 0.321 e. The van der Waals surface area contributed by atoms with Crippen molar-refractivity contribution >= 4 is 11.6 Å². The number of carbonyl (C=O) groups excluding carboxylic acids is 1. The van der Waals surface area contributed by atoms with E-state index in [1.807, 2.05) is 24.3 Å². The summed E-state index contributed by atoms with van der Waals surface area (Å²) in [6, 6.07) is 7.96. The number of anilines is 1. The molecule has 0 radical (unpaired) electrons. The molecule has 1 aromatic heterocycles. The molecule has 0 aliphatic heterocycles. The number of aromatic amines is 1. The highest BCUT2D eigenvalue weighted by Gasteiger charge is 2.21. The average Bonchev–Trinajstić information content (AvgIpc) is 2.92. The van der Waals surface area contributed by atoms with Crippen LogP contribution in [0.1, 0.15) is 47.1 Å². The summed E-state index contributed by atoms with van der Waals surface area (Å²) < 4.78 is 0. The van der Waals surface area contributed by atoms with Crippen molar-refractivity contribution in [2.45, 2.75) is 39.0 Å². The predicted molar refractivity (Wildman–Crippen MR) is 79.0 cm³/mol. The molecular formula is C16H19N3O. The maximum Gasteiger partial charge on any atom is 0.276 e. The molecule has 3 rings (SSSR count). The third-order valence-corrected chi connectivity index (χ3v) is 3.89. The number of H-pyrrole nitrogens is 1. The van der Waals surface area contributed by atoms with E-state index in [4.69, 9.17) is 0 Å². The van der Waals surface area contributed by atoms with Gasteiger partial charge in [-0.1, -0.05) is 19.1 Å². The molecule has 0 fully saturated rings. The van der Waals surface area contributed by atoms with Crippen molar-refractivity contribution in [3.63, 3.8) is 0 Å². The highest BCUT2D eigenvalue weighted by molar-refractivity contribution is 6.04. The lowest BCUT2D eigenvalue weighted by atomic mass is 9.96. The zero-order chi connectivity index (χ0) is 13.9. The predicted octanol–water partition coefficient (Wildman–Crippen LogP) is 3.10. The molecule has 2 N–H and O–H groups in total. The summed E-state index contributed by atoms with van der Waals surface area (Å²) in [7, 11) is 0. The monoisotopic (exact) mass is 269 g/mol. The van der Waals surface area contributed by atoms with Gasteiger partial charge in [-0.2, -0.15) is 5.10 Å². The van der Waals surface area contributed by atoms with Crippen LogP contribution >= 0.6 is 0 Å². The Labute approximate surface area is 118 Å². The van der Waals surface area contributed by atoms with Crippen LogP contribution in [-0.4, -0.2) is 16.1 Å². The Morgan fingerprint density at radius 2 is 2.00 bits per heavy atom. The normalized spacial score (nSPS) is 13.8. The molecule has 0 saturated carbocycles. The van der Waals surface area contributed by atoms with Gasteiger partial charge in [-0.15, -0.1) is 0 Å². The van der Waals surface area contributed by atoms with E-state index in [0.29, 0.717) is 5.69 Å². The lowest BCUT2D eigenvalue weighted by Gasteiger charge is -2.11. The molecule has 0 saturated heterocycles. The van der Waals surface area contributed by atoms with Crippen LogP contribution in [-0.2, 0) is 19.3 Å². The van der Waals surface area contributed by atoms with Gasteiger partial charge in [0.1, 0.15) is 0 Å². The second kappa shape index (κ2) is 5.49. The molecule has 2 aromatic rings. The lowest BCUT2D eigenvalue weighted by molar-refractivity contribution is 0.102. The molecule has 1 aromatic carbocycles. The Hall–Kier alpha value is -2.10. The van der Waals surface area contributed by atoms with Gasteiger partial charge in [0.2, 0.25) is 0 Å². The molecule has 1 aliphatic carbocycles. The minimum Gasteiger partial charge on any atom is -0.321 e. The van der Waals surface area contributed by atoms with Gasteiger partial charge in [0, 0.05) is 16.9 Å². The van der Waals surface area contributed by atoms with Crippen LogP contribution < -0.4 is 5.32 Å².